The number of piperazine rings is 1. The highest BCUT2D eigenvalue weighted by Crippen LogP contribution is 2.88. The fraction of sp³-hybridized carbons (Fsp3) is 0.881. The van der Waals surface area contributed by atoms with Crippen LogP contribution >= 0.6 is 0 Å². The molecule has 4 aliphatic carbocycles. The van der Waals surface area contributed by atoms with Crippen molar-refractivity contribution in [2.24, 2.45) is 39.2 Å². The summed E-state index contributed by atoms with van der Waals surface area (Å²) in [5.41, 5.74) is 4.57. The molecule has 54 heavy (non-hydrogen) atoms. The van der Waals surface area contributed by atoms with Gasteiger partial charge in [-0.25, -0.2) is 4.79 Å². The number of carbonyl (C=O) groups excluding carboxylic acids is 5. The molecule has 6 rings (SSSR count). The minimum Gasteiger partial charge on any atom is -0.363 e. The van der Waals surface area contributed by atoms with E-state index in [1.165, 1.54) is 6.42 Å². The summed E-state index contributed by atoms with van der Waals surface area (Å²) in [4.78, 5) is 75.2. The summed E-state index contributed by atoms with van der Waals surface area (Å²) < 4.78 is 0. The summed E-state index contributed by atoms with van der Waals surface area (Å²) in [7, 11) is 2.18. The second kappa shape index (κ2) is 15.3. The van der Waals surface area contributed by atoms with Crippen LogP contribution in [-0.4, -0.2) is 114 Å². The van der Waals surface area contributed by atoms with Crippen molar-refractivity contribution in [2.45, 2.75) is 168 Å². The molecule has 12 nitrogen and oxygen atoms in total. The van der Waals surface area contributed by atoms with Crippen LogP contribution in [0.1, 0.15) is 132 Å². The Kier molecular flexibility index (Phi) is 11.6. The van der Waals surface area contributed by atoms with Gasteiger partial charge in [0, 0.05) is 49.7 Å². The van der Waals surface area contributed by atoms with E-state index in [9.17, 15) is 19.2 Å². The molecule has 2 heterocycles. The minimum absolute atomic E-state index is 0.0430. The largest absolute Gasteiger partial charge is 0.363 e. The van der Waals surface area contributed by atoms with Crippen molar-refractivity contribution in [3.05, 3.63) is 0 Å². The lowest BCUT2D eigenvalue weighted by atomic mass is 9.73. The van der Waals surface area contributed by atoms with Crippen LogP contribution in [0, 0.1) is 33.5 Å². The number of carbonyl (C=O) groups is 5. The number of amides is 5. The van der Waals surface area contributed by atoms with E-state index >= 15 is 4.79 Å². The molecule has 4 saturated carbocycles. The van der Waals surface area contributed by atoms with E-state index in [4.69, 9.17) is 5.73 Å². The molecule has 0 aromatic carbocycles. The molecule has 304 valence electrons. The number of hydrogen-bond acceptors (Lipinski definition) is 7. The van der Waals surface area contributed by atoms with Gasteiger partial charge in [0.2, 0.25) is 17.6 Å². The first kappa shape index (κ1) is 40.9. The summed E-state index contributed by atoms with van der Waals surface area (Å²) in [6, 6.07) is -2.28. The van der Waals surface area contributed by atoms with Gasteiger partial charge in [0.1, 0.15) is 12.1 Å². The summed E-state index contributed by atoms with van der Waals surface area (Å²) in [5, 5.41) is 9.43. The summed E-state index contributed by atoms with van der Waals surface area (Å²) in [5.74, 6) is -1.92. The van der Waals surface area contributed by atoms with E-state index in [-0.39, 0.29) is 40.1 Å². The Labute approximate surface area is 324 Å². The van der Waals surface area contributed by atoms with Crippen molar-refractivity contribution < 1.29 is 24.0 Å². The maximum atomic E-state index is 15.0. The van der Waals surface area contributed by atoms with Gasteiger partial charge >= 0.3 is 6.03 Å². The highest BCUT2D eigenvalue weighted by molar-refractivity contribution is 6.37. The number of likely N-dealkylation sites (tertiary alicyclic amines) is 1. The van der Waals surface area contributed by atoms with Crippen molar-refractivity contribution in [1.82, 2.24) is 30.7 Å². The molecule has 0 bridgehead atoms. The number of hydrogen-bond donors (Lipinski definition) is 4. The van der Waals surface area contributed by atoms with Crippen LogP contribution in [0.15, 0.2) is 0 Å². The SMILES string of the molecule is C[C@H]1CN(C[C@@H](NC(=O)N[C@H](C(=O)N2C[C@]3(C[C@H]2C(=O)NC(CC2CCC2)C(=O)C(N)=O)C(C)(C)C32CCC2)C(C)(C)C)C2CCCCC2)C[C@H](C)N1C. The van der Waals surface area contributed by atoms with E-state index in [0.29, 0.717) is 37.4 Å². The van der Waals surface area contributed by atoms with Gasteiger partial charge in [-0.3, -0.25) is 29.0 Å². The fourth-order valence-electron chi connectivity index (χ4n) is 11.7. The highest BCUT2D eigenvalue weighted by atomic mass is 16.2. The van der Waals surface area contributed by atoms with E-state index in [2.05, 4.69) is 60.5 Å². The minimum atomic E-state index is -1.06. The standard InChI is InChI=1S/C42H71N7O5/c1-26-22-48(23-27(2)47(26)8)24-31(29-16-10-9-11-17-29)45-38(54)46-34(39(3,4)5)37(53)49-25-42(40(6,7)41(42)18-13-19-41)21-32(49)36(52)44-30(33(50)35(43)51)20-28-14-12-15-28/h26-32,34H,9-25H2,1-8H3,(H2,43,51)(H,44,52)(H2,45,46,54)/t26-,27-,30?,31+,32-,34+,42+/m0/s1. The lowest BCUT2D eigenvalue weighted by Crippen LogP contribution is -2.62. The monoisotopic (exact) mass is 754 g/mol. The van der Waals surface area contributed by atoms with E-state index in [1.807, 2.05) is 20.8 Å². The van der Waals surface area contributed by atoms with Gasteiger partial charge in [-0.05, 0) is 87.5 Å². The van der Waals surface area contributed by atoms with Crippen molar-refractivity contribution in [2.75, 3.05) is 33.2 Å². The van der Waals surface area contributed by atoms with Crippen LogP contribution in [-0.2, 0) is 19.2 Å². The van der Waals surface area contributed by atoms with Crippen molar-refractivity contribution in [3.8, 4) is 0 Å². The van der Waals surface area contributed by atoms with Gasteiger partial charge in [0.15, 0.2) is 0 Å². The normalized spacial score (nSPS) is 31.6. The van der Waals surface area contributed by atoms with E-state index in [1.54, 1.807) is 4.90 Å². The number of likely N-dealkylation sites (N-methyl/N-ethyl adjacent to an activating group) is 1. The van der Waals surface area contributed by atoms with Gasteiger partial charge < -0.3 is 26.6 Å². The number of rotatable bonds is 12. The van der Waals surface area contributed by atoms with Gasteiger partial charge in [-0.15, -0.1) is 0 Å². The fourth-order valence-corrected chi connectivity index (χ4v) is 11.7. The van der Waals surface area contributed by atoms with Gasteiger partial charge in [-0.1, -0.05) is 79.6 Å². The third kappa shape index (κ3) is 7.43. The molecular weight excluding hydrogens is 683 g/mol. The Hall–Kier alpha value is -2.73. The second-order valence-corrected chi connectivity index (χ2v) is 20.2. The number of Topliss-reactive ketones (excluding diaryl/α,β-unsaturated/α-hetero) is 1. The number of nitrogens with zero attached hydrogens (tertiary/aromatic N) is 3. The van der Waals surface area contributed by atoms with Gasteiger partial charge in [0.25, 0.3) is 5.91 Å². The number of ketones is 1. The van der Waals surface area contributed by atoms with Crippen LogP contribution in [0.2, 0.25) is 0 Å². The Morgan fingerprint density at radius 1 is 0.833 bits per heavy atom. The third-order valence-corrected chi connectivity index (χ3v) is 15.9. The average Bonchev–Trinajstić information content (AvgIpc) is 3.28. The van der Waals surface area contributed by atoms with E-state index < -0.39 is 41.1 Å². The van der Waals surface area contributed by atoms with Crippen LogP contribution in [0.3, 0.4) is 0 Å². The first-order chi connectivity index (χ1) is 25.3. The van der Waals surface area contributed by atoms with Crippen LogP contribution in [0.4, 0.5) is 4.79 Å². The number of nitrogens with two attached hydrogens (primary N) is 1. The predicted octanol–water partition coefficient (Wildman–Crippen LogP) is 4.20. The topological polar surface area (TPSA) is 157 Å². The smallest absolute Gasteiger partial charge is 0.315 e. The first-order valence-corrected chi connectivity index (χ1v) is 21.3. The molecule has 6 aliphatic rings. The van der Waals surface area contributed by atoms with Crippen molar-refractivity contribution in [3.63, 3.8) is 0 Å². The number of nitrogens with one attached hydrogen (secondary N) is 3. The Morgan fingerprint density at radius 3 is 1.96 bits per heavy atom. The zero-order valence-electron chi connectivity index (χ0n) is 34.6. The lowest BCUT2D eigenvalue weighted by Gasteiger charge is -2.44. The zero-order valence-corrected chi connectivity index (χ0v) is 34.6. The molecule has 0 radical (unpaired) electrons. The van der Waals surface area contributed by atoms with Gasteiger partial charge in [0.05, 0.1) is 6.04 Å². The van der Waals surface area contributed by atoms with Crippen LogP contribution in [0.5, 0.6) is 0 Å². The molecule has 1 unspecified atom stereocenters. The molecule has 12 heteroatoms. The number of primary amides is 1. The molecule has 6 fully saturated rings. The lowest BCUT2D eigenvalue weighted by molar-refractivity contribution is -0.143. The maximum absolute atomic E-state index is 15.0. The predicted molar refractivity (Wildman–Crippen MR) is 209 cm³/mol. The molecule has 2 spiro atoms. The molecule has 0 aromatic rings. The summed E-state index contributed by atoms with van der Waals surface area (Å²) in [6.07, 6.45) is 12.8. The first-order valence-electron chi connectivity index (χ1n) is 21.3. The number of urea groups is 1. The molecule has 2 saturated heterocycles. The molecule has 5 N–H and O–H groups in total. The van der Waals surface area contributed by atoms with E-state index in [0.717, 1.165) is 83.8 Å². The van der Waals surface area contributed by atoms with Crippen LogP contribution < -0.4 is 21.7 Å². The zero-order chi connectivity index (χ0) is 39.4. The number of fused-ring (bicyclic) bond motifs is 1. The Bertz CT molecular complexity index is 1430. The van der Waals surface area contributed by atoms with Crippen LogP contribution in [0.25, 0.3) is 0 Å². The second-order valence-electron chi connectivity index (χ2n) is 20.2. The highest BCUT2D eigenvalue weighted by Gasteiger charge is 2.85. The molecule has 7 atom stereocenters. The van der Waals surface area contributed by atoms with Crippen molar-refractivity contribution in [1.29, 1.82) is 0 Å². The molecule has 2 aliphatic heterocycles. The maximum Gasteiger partial charge on any atom is 0.315 e. The summed E-state index contributed by atoms with van der Waals surface area (Å²) in [6.45, 7) is 18.0. The van der Waals surface area contributed by atoms with Gasteiger partial charge in [-0.2, -0.15) is 0 Å². The Balaban J connectivity index is 1.22. The Morgan fingerprint density at radius 2 is 1.46 bits per heavy atom. The molecular formula is C42H71N7O5. The van der Waals surface area contributed by atoms with Crippen molar-refractivity contribution >= 4 is 29.5 Å². The molecule has 0 aromatic heterocycles. The third-order valence-electron chi connectivity index (χ3n) is 15.9. The summed E-state index contributed by atoms with van der Waals surface area (Å²) >= 11 is 0. The quantitative estimate of drug-likeness (QED) is 0.218. The molecule has 5 amide bonds. The average molecular weight is 754 g/mol.